The van der Waals surface area contributed by atoms with E-state index in [1.807, 2.05) is 18.5 Å². The lowest BCUT2D eigenvalue weighted by molar-refractivity contribution is -0.142. The van der Waals surface area contributed by atoms with Crippen molar-refractivity contribution in [3.05, 3.63) is 29.0 Å². The first-order valence-corrected chi connectivity index (χ1v) is 6.92. The Morgan fingerprint density at radius 2 is 2.47 bits per heavy atom. The van der Waals surface area contributed by atoms with Gasteiger partial charge in [-0.15, -0.1) is 11.3 Å². The zero-order valence-corrected chi connectivity index (χ0v) is 11.7. The molecule has 0 aromatic carbocycles. The molecule has 2 aromatic rings. The molecule has 0 saturated heterocycles. The fraction of sp³-hybridized carbons (Fsp3) is 0.417. The fourth-order valence-corrected chi connectivity index (χ4v) is 2.38. The Morgan fingerprint density at radius 3 is 3.16 bits per heavy atom. The number of anilines is 1. The molecule has 2 N–H and O–H groups in total. The van der Waals surface area contributed by atoms with E-state index >= 15 is 0 Å². The Balaban J connectivity index is 1.92. The average molecular weight is 280 g/mol. The minimum atomic E-state index is -0.248. The summed E-state index contributed by atoms with van der Waals surface area (Å²) in [5.41, 5.74) is 1.78. The molecular formula is C12H16N4O2S. The second-order valence-electron chi connectivity index (χ2n) is 4.02. The van der Waals surface area contributed by atoms with Gasteiger partial charge >= 0.3 is 5.97 Å². The number of nitrogens with zero attached hydrogens (tertiary/aromatic N) is 2. The standard InChI is InChI=1S/C12H16N4O2S/c1-3-18-11(17)4-10-7-19-12(16-10)15-8(2)9-5-13-14-6-9/h5-8H,3-4H2,1-2H3,(H,13,14)(H,15,16). The van der Waals surface area contributed by atoms with Crippen LogP contribution < -0.4 is 5.32 Å². The van der Waals surface area contributed by atoms with Crippen molar-refractivity contribution in [3.8, 4) is 0 Å². The number of aromatic nitrogens is 3. The summed E-state index contributed by atoms with van der Waals surface area (Å²) >= 11 is 1.47. The summed E-state index contributed by atoms with van der Waals surface area (Å²) in [7, 11) is 0. The first-order valence-electron chi connectivity index (χ1n) is 6.04. The van der Waals surface area contributed by atoms with Crippen molar-refractivity contribution in [1.29, 1.82) is 0 Å². The lowest BCUT2D eigenvalue weighted by Crippen LogP contribution is -2.08. The van der Waals surface area contributed by atoms with Crippen molar-refractivity contribution >= 4 is 22.4 Å². The molecular weight excluding hydrogens is 264 g/mol. The minimum absolute atomic E-state index is 0.111. The third kappa shape index (κ3) is 3.78. The van der Waals surface area contributed by atoms with Crippen LogP contribution in [0.4, 0.5) is 5.13 Å². The number of carbonyl (C=O) groups excluding carboxylic acids is 1. The summed E-state index contributed by atoms with van der Waals surface area (Å²) in [6.07, 6.45) is 3.82. The third-order valence-corrected chi connectivity index (χ3v) is 3.36. The van der Waals surface area contributed by atoms with Crippen LogP contribution in [0.5, 0.6) is 0 Å². The molecule has 7 heteroatoms. The number of rotatable bonds is 6. The van der Waals surface area contributed by atoms with Crippen LogP contribution in [0.25, 0.3) is 0 Å². The van der Waals surface area contributed by atoms with Crippen molar-refractivity contribution in [3.63, 3.8) is 0 Å². The highest BCUT2D eigenvalue weighted by molar-refractivity contribution is 7.13. The number of carbonyl (C=O) groups is 1. The second-order valence-corrected chi connectivity index (χ2v) is 4.88. The van der Waals surface area contributed by atoms with Crippen LogP contribution in [-0.2, 0) is 16.0 Å². The first kappa shape index (κ1) is 13.5. The molecule has 2 heterocycles. The summed E-state index contributed by atoms with van der Waals surface area (Å²) in [4.78, 5) is 15.7. The molecule has 102 valence electrons. The number of thiazole rings is 1. The van der Waals surface area contributed by atoms with Gasteiger partial charge in [-0.1, -0.05) is 0 Å². The van der Waals surface area contributed by atoms with Gasteiger partial charge in [-0.25, -0.2) is 4.98 Å². The SMILES string of the molecule is CCOC(=O)Cc1csc(NC(C)c2cn[nH]c2)n1. The molecule has 0 saturated carbocycles. The highest BCUT2D eigenvalue weighted by atomic mass is 32.1. The van der Waals surface area contributed by atoms with Crippen LogP contribution in [0, 0.1) is 0 Å². The quantitative estimate of drug-likeness (QED) is 0.792. The molecule has 0 amide bonds. The molecule has 0 aliphatic rings. The Morgan fingerprint density at radius 1 is 1.63 bits per heavy atom. The summed E-state index contributed by atoms with van der Waals surface area (Å²) in [6, 6.07) is 0.111. The molecule has 0 aliphatic carbocycles. The number of nitrogens with one attached hydrogen (secondary N) is 2. The van der Waals surface area contributed by atoms with Gasteiger partial charge in [0.1, 0.15) is 0 Å². The van der Waals surface area contributed by atoms with Crippen LogP contribution >= 0.6 is 11.3 Å². The number of hydrogen-bond acceptors (Lipinski definition) is 6. The van der Waals surface area contributed by atoms with Crippen molar-refractivity contribution in [2.75, 3.05) is 11.9 Å². The van der Waals surface area contributed by atoms with E-state index in [2.05, 4.69) is 20.5 Å². The van der Waals surface area contributed by atoms with Gasteiger partial charge in [0.25, 0.3) is 0 Å². The summed E-state index contributed by atoms with van der Waals surface area (Å²) in [5, 5.41) is 12.6. The predicted octanol–water partition coefficient (Wildman–Crippen LogP) is 2.14. The average Bonchev–Trinajstić information content (AvgIpc) is 3.00. The van der Waals surface area contributed by atoms with E-state index in [1.54, 1.807) is 13.1 Å². The number of H-pyrrole nitrogens is 1. The Bertz CT molecular complexity index is 524. The monoisotopic (exact) mass is 280 g/mol. The number of ether oxygens (including phenoxy) is 1. The van der Waals surface area contributed by atoms with Crippen molar-refractivity contribution < 1.29 is 9.53 Å². The van der Waals surface area contributed by atoms with Gasteiger partial charge in [0.2, 0.25) is 0 Å². The van der Waals surface area contributed by atoms with E-state index in [4.69, 9.17) is 4.74 Å². The number of esters is 1. The zero-order chi connectivity index (χ0) is 13.7. The minimum Gasteiger partial charge on any atom is -0.466 e. The lowest BCUT2D eigenvalue weighted by atomic mass is 10.2. The number of aromatic amines is 1. The van der Waals surface area contributed by atoms with E-state index in [-0.39, 0.29) is 18.4 Å². The molecule has 1 unspecified atom stereocenters. The van der Waals surface area contributed by atoms with Crippen molar-refractivity contribution in [2.45, 2.75) is 26.3 Å². The normalized spacial score (nSPS) is 12.1. The van der Waals surface area contributed by atoms with Gasteiger partial charge in [0.05, 0.1) is 31.0 Å². The summed E-state index contributed by atoms with van der Waals surface area (Å²) < 4.78 is 4.89. The largest absolute Gasteiger partial charge is 0.466 e. The lowest BCUT2D eigenvalue weighted by Gasteiger charge is -2.09. The fourth-order valence-electron chi connectivity index (χ4n) is 1.58. The Labute approximate surface area is 115 Å². The highest BCUT2D eigenvalue weighted by Gasteiger charge is 2.11. The molecule has 0 radical (unpaired) electrons. The molecule has 1 atom stereocenters. The molecule has 0 bridgehead atoms. The molecule has 0 aliphatic heterocycles. The van der Waals surface area contributed by atoms with Gasteiger partial charge in [0.15, 0.2) is 5.13 Å². The molecule has 2 rings (SSSR count). The zero-order valence-electron chi connectivity index (χ0n) is 10.8. The van der Waals surface area contributed by atoms with Crippen LogP contribution in [0.3, 0.4) is 0 Å². The van der Waals surface area contributed by atoms with Gasteiger partial charge in [0, 0.05) is 17.1 Å². The van der Waals surface area contributed by atoms with E-state index in [0.29, 0.717) is 6.61 Å². The molecule has 6 nitrogen and oxygen atoms in total. The van der Waals surface area contributed by atoms with Gasteiger partial charge in [-0.2, -0.15) is 5.10 Å². The molecule has 0 spiro atoms. The van der Waals surface area contributed by atoms with E-state index in [1.165, 1.54) is 11.3 Å². The smallest absolute Gasteiger partial charge is 0.311 e. The van der Waals surface area contributed by atoms with E-state index < -0.39 is 0 Å². The second kappa shape index (κ2) is 6.33. The first-order chi connectivity index (χ1) is 9.19. The molecule has 19 heavy (non-hydrogen) atoms. The maximum Gasteiger partial charge on any atom is 0.311 e. The molecule has 0 fully saturated rings. The van der Waals surface area contributed by atoms with Gasteiger partial charge < -0.3 is 10.1 Å². The summed E-state index contributed by atoms with van der Waals surface area (Å²) in [6.45, 7) is 4.21. The van der Waals surface area contributed by atoms with Crippen molar-refractivity contribution in [1.82, 2.24) is 15.2 Å². The molecule has 2 aromatic heterocycles. The van der Waals surface area contributed by atoms with Crippen LogP contribution in [0.1, 0.15) is 31.1 Å². The predicted molar refractivity (Wildman–Crippen MR) is 73.1 cm³/mol. The van der Waals surface area contributed by atoms with E-state index in [0.717, 1.165) is 16.4 Å². The maximum absolute atomic E-state index is 11.3. The Hall–Kier alpha value is -1.89. The van der Waals surface area contributed by atoms with Crippen molar-refractivity contribution in [2.24, 2.45) is 0 Å². The Kier molecular flexibility index (Phi) is 4.51. The van der Waals surface area contributed by atoms with Gasteiger partial charge in [-0.05, 0) is 13.8 Å². The maximum atomic E-state index is 11.3. The van der Waals surface area contributed by atoms with Crippen LogP contribution in [0.2, 0.25) is 0 Å². The topological polar surface area (TPSA) is 79.9 Å². The highest BCUT2D eigenvalue weighted by Crippen LogP contribution is 2.22. The van der Waals surface area contributed by atoms with E-state index in [9.17, 15) is 4.79 Å². The summed E-state index contributed by atoms with van der Waals surface area (Å²) in [5.74, 6) is -0.248. The number of hydrogen-bond donors (Lipinski definition) is 2. The van der Waals surface area contributed by atoms with Crippen LogP contribution in [-0.4, -0.2) is 27.8 Å². The van der Waals surface area contributed by atoms with Gasteiger partial charge in [-0.3, -0.25) is 9.89 Å². The van der Waals surface area contributed by atoms with Crippen LogP contribution in [0.15, 0.2) is 17.8 Å². The third-order valence-electron chi connectivity index (χ3n) is 2.54.